The largest absolute Gasteiger partial charge is 0.465 e. The Labute approximate surface area is 136 Å². The van der Waals surface area contributed by atoms with Crippen LogP contribution in [0, 0.1) is 0 Å². The first-order chi connectivity index (χ1) is 10.6. The van der Waals surface area contributed by atoms with E-state index in [0.717, 1.165) is 35.7 Å². The van der Waals surface area contributed by atoms with Gasteiger partial charge in [0.15, 0.2) is 0 Å². The fraction of sp³-hybridized carbons (Fsp3) is 0.278. The van der Waals surface area contributed by atoms with Crippen LogP contribution in [0.3, 0.4) is 0 Å². The number of halogens is 1. The molecule has 0 aliphatic heterocycles. The molecule has 3 nitrogen and oxygen atoms in total. The molecule has 0 fully saturated rings. The number of esters is 1. The van der Waals surface area contributed by atoms with E-state index in [9.17, 15) is 4.79 Å². The minimum atomic E-state index is -0.300. The van der Waals surface area contributed by atoms with Crippen LogP contribution in [0.4, 0.5) is 0 Å². The van der Waals surface area contributed by atoms with Crippen LogP contribution < -0.4 is 0 Å². The highest BCUT2D eigenvalue weighted by molar-refractivity contribution is 6.31. The van der Waals surface area contributed by atoms with E-state index in [-0.39, 0.29) is 5.97 Å². The Balaban J connectivity index is 1.92. The van der Waals surface area contributed by atoms with Crippen molar-refractivity contribution in [3.63, 3.8) is 0 Å². The van der Waals surface area contributed by atoms with Crippen molar-refractivity contribution in [3.8, 4) is 0 Å². The second-order valence-corrected chi connectivity index (χ2v) is 5.68. The monoisotopic (exact) mass is 317 g/mol. The maximum Gasteiger partial charge on any atom is 0.337 e. The third kappa shape index (κ3) is 4.58. The first-order valence-corrected chi connectivity index (χ1v) is 7.57. The van der Waals surface area contributed by atoms with Crippen LogP contribution in [0.25, 0.3) is 0 Å². The summed E-state index contributed by atoms with van der Waals surface area (Å²) in [4.78, 5) is 13.7. The Kier molecular flexibility index (Phi) is 5.99. The topological polar surface area (TPSA) is 29.5 Å². The van der Waals surface area contributed by atoms with Crippen LogP contribution in [0.2, 0.25) is 5.02 Å². The molecular formula is C18H20ClNO2. The first-order valence-electron chi connectivity index (χ1n) is 7.19. The Morgan fingerprint density at radius 2 is 1.95 bits per heavy atom. The lowest BCUT2D eigenvalue weighted by Gasteiger charge is -2.17. The zero-order valence-corrected chi connectivity index (χ0v) is 13.6. The summed E-state index contributed by atoms with van der Waals surface area (Å²) in [5.41, 5.74) is 2.83. The third-order valence-electron chi connectivity index (χ3n) is 3.53. The highest BCUT2D eigenvalue weighted by atomic mass is 35.5. The van der Waals surface area contributed by atoms with Gasteiger partial charge in [0.2, 0.25) is 0 Å². The molecule has 2 aromatic carbocycles. The lowest BCUT2D eigenvalue weighted by Crippen LogP contribution is -2.21. The number of ether oxygens (including phenoxy) is 1. The number of rotatable bonds is 6. The van der Waals surface area contributed by atoms with Gasteiger partial charge >= 0.3 is 5.97 Å². The molecule has 0 saturated heterocycles. The number of benzene rings is 2. The average Bonchev–Trinajstić information content (AvgIpc) is 2.54. The Morgan fingerprint density at radius 3 is 2.68 bits per heavy atom. The lowest BCUT2D eigenvalue weighted by atomic mass is 10.1. The molecule has 22 heavy (non-hydrogen) atoms. The maximum absolute atomic E-state index is 11.5. The van der Waals surface area contributed by atoms with E-state index >= 15 is 0 Å². The van der Waals surface area contributed by atoms with Gasteiger partial charge in [-0.1, -0.05) is 41.9 Å². The molecule has 0 aromatic heterocycles. The molecule has 2 aromatic rings. The smallest absolute Gasteiger partial charge is 0.337 e. The number of hydrogen-bond donors (Lipinski definition) is 0. The van der Waals surface area contributed by atoms with Crippen molar-refractivity contribution in [2.75, 3.05) is 20.7 Å². The fourth-order valence-corrected chi connectivity index (χ4v) is 2.48. The summed E-state index contributed by atoms with van der Waals surface area (Å²) in [5.74, 6) is -0.300. The van der Waals surface area contributed by atoms with Crippen molar-refractivity contribution in [2.24, 2.45) is 0 Å². The molecule has 0 radical (unpaired) electrons. The van der Waals surface area contributed by atoms with Crippen molar-refractivity contribution in [2.45, 2.75) is 13.0 Å². The molecule has 0 heterocycles. The zero-order valence-electron chi connectivity index (χ0n) is 12.9. The number of likely N-dealkylation sites (N-methyl/N-ethyl adjacent to an activating group) is 1. The van der Waals surface area contributed by atoms with Gasteiger partial charge in [0.05, 0.1) is 12.7 Å². The van der Waals surface area contributed by atoms with E-state index in [1.54, 1.807) is 6.07 Å². The summed E-state index contributed by atoms with van der Waals surface area (Å²) in [6.45, 7) is 1.69. The average molecular weight is 318 g/mol. The van der Waals surface area contributed by atoms with Crippen LogP contribution >= 0.6 is 11.6 Å². The first kappa shape index (κ1) is 16.5. The van der Waals surface area contributed by atoms with E-state index in [4.69, 9.17) is 16.3 Å². The minimum absolute atomic E-state index is 0.300. The number of hydrogen-bond acceptors (Lipinski definition) is 3. The van der Waals surface area contributed by atoms with Crippen molar-refractivity contribution < 1.29 is 9.53 Å². The second-order valence-electron chi connectivity index (χ2n) is 5.27. The van der Waals surface area contributed by atoms with E-state index in [1.807, 2.05) is 42.5 Å². The SMILES string of the molecule is COC(=O)c1cccc(CCN(C)Cc2ccccc2Cl)c1. The molecule has 0 spiro atoms. The number of nitrogens with zero attached hydrogens (tertiary/aromatic N) is 1. The summed E-state index contributed by atoms with van der Waals surface area (Å²) in [6, 6.07) is 15.4. The number of carbonyl (C=O) groups excluding carboxylic acids is 1. The van der Waals surface area contributed by atoms with Crippen LogP contribution in [-0.2, 0) is 17.7 Å². The molecule has 4 heteroatoms. The Bertz CT molecular complexity index is 642. The highest BCUT2D eigenvalue weighted by Gasteiger charge is 2.07. The number of carbonyl (C=O) groups is 1. The molecule has 116 valence electrons. The minimum Gasteiger partial charge on any atom is -0.465 e. The lowest BCUT2D eigenvalue weighted by molar-refractivity contribution is 0.0600. The zero-order chi connectivity index (χ0) is 15.9. The molecule has 0 unspecified atom stereocenters. The van der Waals surface area contributed by atoms with Gasteiger partial charge in [-0.25, -0.2) is 4.79 Å². The van der Waals surface area contributed by atoms with Gasteiger partial charge in [0.1, 0.15) is 0 Å². The second kappa shape index (κ2) is 7.97. The van der Waals surface area contributed by atoms with Gasteiger partial charge in [-0.05, 0) is 42.8 Å². The molecule has 0 N–H and O–H groups in total. The molecular weight excluding hydrogens is 298 g/mol. The normalized spacial score (nSPS) is 10.7. The van der Waals surface area contributed by atoms with Gasteiger partial charge < -0.3 is 9.64 Å². The van der Waals surface area contributed by atoms with Crippen LogP contribution in [0.1, 0.15) is 21.5 Å². The summed E-state index contributed by atoms with van der Waals surface area (Å²) < 4.78 is 4.75. The van der Waals surface area contributed by atoms with E-state index in [0.29, 0.717) is 5.56 Å². The Morgan fingerprint density at radius 1 is 1.18 bits per heavy atom. The molecule has 2 rings (SSSR count). The van der Waals surface area contributed by atoms with Gasteiger partial charge in [-0.3, -0.25) is 0 Å². The predicted molar refractivity (Wildman–Crippen MR) is 89.3 cm³/mol. The summed E-state index contributed by atoms with van der Waals surface area (Å²) >= 11 is 6.18. The molecule has 0 amide bonds. The van der Waals surface area contributed by atoms with E-state index < -0.39 is 0 Å². The van der Waals surface area contributed by atoms with Gasteiger partial charge in [-0.2, -0.15) is 0 Å². The summed E-state index contributed by atoms with van der Waals surface area (Å²) in [5, 5.41) is 0.794. The Hall–Kier alpha value is -1.84. The summed E-state index contributed by atoms with van der Waals surface area (Å²) in [7, 11) is 3.46. The van der Waals surface area contributed by atoms with E-state index in [1.165, 1.54) is 7.11 Å². The quantitative estimate of drug-likeness (QED) is 0.759. The van der Waals surface area contributed by atoms with Gasteiger partial charge in [0, 0.05) is 18.1 Å². The molecule has 0 aliphatic carbocycles. The van der Waals surface area contributed by atoms with Gasteiger partial charge in [0.25, 0.3) is 0 Å². The predicted octanol–water partition coefficient (Wildman–Crippen LogP) is 3.80. The molecule has 0 aliphatic rings. The van der Waals surface area contributed by atoms with E-state index in [2.05, 4.69) is 11.9 Å². The van der Waals surface area contributed by atoms with Crippen molar-refractivity contribution >= 4 is 17.6 Å². The standard InChI is InChI=1S/C18H20ClNO2/c1-20(13-16-7-3-4-9-17(16)19)11-10-14-6-5-8-15(12-14)18(21)22-2/h3-9,12H,10-11,13H2,1-2H3. The summed E-state index contributed by atoms with van der Waals surface area (Å²) in [6.07, 6.45) is 0.867. The van der Waals surface area contributed by atoms with Crippen molar-refractivity contribution in [1.29, 1.82) is 0 Å². The number of methoxy groups -OCH3 is 1. The van der Waals surface area contributed by atoms with Crippen molar-refractivity contribution in [1.82, 2.24) is 4.90 Å². The molecule has 0 atom stereocenters. The van der Waals surface area contributed by atoms with Crippen molar-refractivity contribution in [3.05, 3.63) is 70.2 Å². The van der Waals surface area contributed by atoms with Gasteiger partial charge in [-0.15, -0.1) is 0 Å². The fourth-order valence-electron chi connectivity index (χ4n) is 2.29. The van der Waals surface area contributed by atoms with Crippen LogP contribution in [-0.4, -0.2) is 31.6 Å². The van der Waals surface area contributed by atoms with Crippen LogP contribution in [0.15, 0.2) is 48.5 Å². The molecule has 0 bridgehead atoms. The molecule has 0 saturated carbocycles. The highest BCUT2D eigenvalue weighted by Crippen LogP contribution is 2.16. The van der Waals surface area contributed by atoms with Crippen LogP contribution in [0.5, 0.6) is 0 Å². The third-order valence-corrected chi connectivity index (χ3v) is 3.90. The maximum atomic E-state index is 11.5.